The Hall–Kier alpha value is -2.53. The molecule has 2 saturated heterocycles. The fraction of sp³-hybridized carbons (Fsp3) is 0.409. The number of benzene rings is 1. The molecule has 2 atom stereocenters. The minimum Gasteiger partial charge on any atom is -0.294 e. The summed E-state index contributed by atoms with van der Waals surface area (Å²) in [5.41, 5.74) is 2.93. The Kier molecular flexibility index (Phi) is 4.24. The number of hydrogen-bond acceptors (Lipinski definition) is 4. The molecule has 0 aliphatic carbocycles. The van der Waals surface area contributed by atoms with Crippen LogP contribution in [0.4, 0.5) is 0 Å². The van der Waals surface area contributed by atoms with Crippen molar-refractivity contribution in [3.63, 3.8) is 0 Å². The molecule has 0 radical (unpaired) electrons. The second-order valence-electron chi connectivity index (χ2n) is 7.94. The number of carbonyl (C=O) groups is 1. The first kappa shape index (κ1) is 16.6. The number of pyridine rings is 1. The summed E-state index contributed by atoms with van der Waals surface area (Å²) in [6, 6.07) is 15.5. The van der Waals surface area contributed by atoms with Gasteiger partial charge in [0.2, 0.25) is 0 Å². The van der Waals surface area contributed by atoms with Crippen LogP contribution in [0, 0.1) is 5.92 Å². The normalized spacial score (nSPS) is 25.6. The second kappa shape index (κ2) is 6.89. The quantitative estimate of drug-likeness (QED) is 0.665. The van der Waals surface area contributed by atoms with E-state index in [1.54, 1.807) is 6.33 Å². The number of Topliss-reactive ketones (excluding diaryl/α,β-unsaturated/α-hetero) is 1. The van der Waals surface area contributed by atoms with E-state index in [9.17, 15) is 4.79 Å². The molecule has 0 spiro atoms. The lowest BCUT2D eigenvalue weighted by molar-refractivity contribution is 0.00905. The fourth-order valence-electron chi connectivity index (χ4n) is 4.95. The topological polar surface area (TPSA) is 50.5 Å². The third-order valence-electron chi connectivity index (χ3n) is 6.28. The number of carbonyl (C=O) groups excluding carboxylic acids is 1. The van der Waals surface area contributed by atoms with E-state index in [0.717, 1.165) is 30.6 Å². The Morgan fingerprint density at radius 3 is 2.59 bits per heavy atom. The summed E-state index contributed by atoms with van der Waals surface area (Å²) >= 11 is 0. The third-order valence-corrected chi connectivity index (χ3v) is 6.28. The van der Waals surface area contributed by atoms with Gasteiger partial charge in [-0.15, -0.1) is 10.2 Å². The van der Waals surface area contributed by atoms with Gasteiger partial charge in [0.25, 0.3) is 0 Å². The molecule has 138 valence electrons. The van der Waals surface area contributed by atoms with Gasteiger partial charge < -0.3 is 0 Å². The van der Waals surface area contributed by atoms with Gasteiger partial charge in [-0.05, 0) is 43.4 Å². The van der Waals surface area contributed by atoms with Crippen LogP contribution in [0.2, 0.25) is 0 Å². The zero-order valence-electron chi connectivity index (χ0n) is 15.4. The van der Waals surface area contributed by atoms with Crippen LogP contribution in [0.3, 0.4) is 0 Å². The first-order valence-corrected chi connectivity index (χ1v) is 9.91. The summed E-state index contributed by atoms with van der Waals surface area (Å²) in [6.45, 7) is 1.00. The summed E-state index contributed by atoms with van der Waals surface area (Å²) in [5.74, 6) is 0.406. The van der Waals surface area contributed by atoms with Crippen LogP contribution in [0.15, 0.2) is 55.0 Å². The molecular weight excluding hydrogens is 336 g/mol. The summed E-state index contributed by atoms with van der Waals surface area (Å²) in [7, 11) is 0. The van der Waals surface area contributed by atoms with E-state index in [4.69, 9.17) is 0 Å². The monoisotopic (exact) mass is 360 g/mol. The molecule has 2 aliphatic heterocycles. The van der Waals surface area contributed by atoms with Crippen LogP contribution >= 0.6 is 0 Å². The standard InChI is InChI=1S/C22H24N4O/c27-22(17-9-10-21-24-23-15-25(21)14-17)18-11-19-7-4-8-20(12-18)26(19)13-16-5-2-1-3-6-16/h1-3,5-6,9-10,14-15,18-20H,4,7-8,11-13H2. The van der Waals surface area contributed by atoms with Crippen molar-refractivity contribution in [2.75, 3.05) is 0 Å². The van der Waals surface area contributed by atoms with Crippen molar-refractivity contribution in [1.29, 1.82) is 0 Å². The van der Waals surface area contributed by atoms with Crippen LogP contribution in [0.5, 0.6) is 0 Å². The van der Waals surface area contributed by atoms with Gasteiger partial charge in [-0.25, -0.2) is 0 Å². The Morgan fingerprint density at radius 1 is 1.04 bits per heavy atom. The predicted molar refractivity (Wildman–Crippen MR) is 103 cm³/mol. The molecule has 3 aromatic rings. The molecule has 0 N–H and O–H groups in total. The maximum atomic E-state index is 13.2. The van der Waals surface area contributed by atoms with Crippen molar-refractivity contribution in [3.05, 3.63) is 66.1 Å². The summed E-state index contributed by atoms with van der Waals surface area (Å²) in [4.78, 5) is 15.8. The number of hydrogen-bond donors (Lipinski definition) is 0. The summed E-state index contributed by atoms with van der Waals surface area (Å²) in [6.07, 6.45) is 9.18. The van der Waals surface area contributed by atoms with Crippen LogP contribution in [-0.2, 0) is 6.54 Å². The minimum absolute atomic E-state index is 0.126. The van der Waals surface area contributed by atoms with Gasteiger partial charge >= 0.3 is 0 Å². The van der Waals surface area contributed by atoms with E-state index < -0.39 is 0 Å². The molecule has 2 bridgehead atoms. The summed E-state index contributed by atoms with van der Waals surface area (Å²) < 4.78 is 1.83. The number of rotatable bonds is 4. The SMILES string of the molecule is O=C(c1ccc2nncn2c1)C1CC2CCCC(C1)N2Cc1ccccc1. The van der Waals surface area contributed by atoms with E-state index >= 15 is 0 Å². The first-order valence-electron chi connectivity index (χ1n) is 9.91. The molecule has 2 fully saturated rings. The lowest BCUT2D eigenvalue weighted by atomic mass is 9.75. The molecule has 1 aromatic carbocycles. The Balaban J connectivity index is 1.35. The Labute approximate surface area is 159 Å². The van der Waals surface area contributed by atoms with Crippen molar-refractivity contribution < 1.29 is 4.79 Å². The average Bonchev–Trinajstić information content (AvgIpc) is 3.16. The number of nitrogens with zero attached hydrogens (tertiary/aromatic N) is 4. The zero-order valence-corrected chi connectivity index (χ0v) is 15.4. The van der Waals surface area contributed by atoms with E-state index in [1.165, 1.54) is 24.8 Å². The average molecular weight is 360 g/mol. The Bertz CT molecular complexity index is 937. The maximum absolute atomic E-state index is 13.2. The van der Waals surface area contributed by atoms with Crippen molar-refractivity contribution in [2.45, 2.75) is 50.7 Å². The lowest BCUT2D eigenvalue weighted by Crippen LogP contribution is -2.52. The molecule has 0 saturated carbocycles. The van der Waals surface area contributed by atoms with Crippen LogP contribution < -0.4 is 0 Å². The highest BCUT2D eigenvalue weighted by Gasteiger charge is 2.40. The highest BCUT2D eigenvalue weighted by Crippen LogP contribution is 2.39. The van der Waals surface area contributed by atoms with E-state index in [0.29, 0.717) is 12.1 Å². The van der Waals surface area contributed by atoms with Crippen LogP contribution in [0.1, 0.15) is 48.0 Å². The number of aromatic nitrogens is 3. The highest BCUT2D eigenvalue weighted by molar-refractivity contribution is 5.98. The molecule has 2 unspecified atom stereocenters. The second-order valence-corrected chi connectivity index (χ2v) is 7.94. The fourth-order valence-corrected chi connectivity index (χ4v) is 4.95. The van der Waals surface area contributed by atoms with Gasteiger partial charge in [-0.3, -0.25) is 14.1 Å². The van der Waals surface area contributed by atoms with Gasteiger partial charge in [0.05, 0.1) is 0 Å². The van der Waals surface area contributed by atoms with Gasteiger partial charge in [-0.2, -0.15) is 0 Å². The molecule has 2 aromatic heterocycles. The summed E-state index contributed by atoms with van der Waals surface area (Å²) in [5, 5.41) is 7.93. The zero-order chi connectivity index (χ0) is 18.2. The molecule has 4 heterocycles. The molecule has 5 heteroatoms. The van der Waals surface area contributed by atoms with Gasteiger partial charge in [0.1, 0.15) is 6.33 Å². The Morgan fingerprint density at radius 2 is 1.81 bits per heavy atom. The number of piperidine rings is 2. The lowest BCUT2D eigenvalue weighted by Gasteiger charge is -2.48. The van der Waals surface area contributed by atoms with Crippen molar-refractivity contribution in [1.82, 2.24) is 19.5 Å². The maximum Gasteiger partial charge on any atom is 0.167 e. The smallest absolute Gasteiger partial charge is 0.167 e. The molecule has 5 rings (SSSR count). The largest absolute Gasteiger partial charge is 0.294 e. The van der Waals surface area contributed by atoms with Crippen molar-refractivity contribution in [2.24, 2.45) is 5.92 Å². The number of ketones is 1. The molecule has 2 aliphatic rings. The van der Waals surface area contributed by atoms with Crippen molar-refractivity contribution >= 4 is 11.4 Å². The van der Waals surface area contributed by atoms with Gasteiger partial charge in [0, 0.05) is 36.3 Å². The molecule has 27 heavy (non-hydrogen) atoms. The molecular formula is C22H24N4O. The molecule has 0 amide bonds. The van der Waals surface area contributed by atoms with E-state index in [1.807, 2.05) is 22.7 Å². The highest BCUT2D eigenvalue weighted by atomic mass is 16.1. The minimum atomic E-state index is 0.126. The van der Waals surface area contributed by atoms with Gasteiger partial charge in [0.15, 0.2) is 11.4 Å². The van der Waals surface area contributed by atoms with Crippen molar-refractivity contribution in [3.8, 4) is 0 Å². The third kappa shape index (κ3) is 3.16. The molecule has 5 nitrogen and oxygen atoms in total. The number of fused-ring (bicyclic) bond motifs is 3. The van der Waals surface area contributed by atoms with E-state index in [-0.39, 0.29) is 11.7 Å². The van der Waals surface area contributed by atoms with Gasteiger partial charge in [-0.1, -0.05) is 36.8 Å². The van der Waals surface area contributed by atoms with Crippen LogP contribution in [0.25, 0.3) is 5.65 Å². The van der Waals surface area contributed by atoms with Crippen LogP contribution in [-0.4, -0.2) is 37.4 Å². The predicted octanol–water partition coefficient (Wildman–Crippen LogP) is 3.75. The first-order chi connectivity index (χ1) is 13.3. The van der Waals surface area contributed by atoms with E-state index in [2.05, 4.69) is 45.4 Å².